The van der Waals surface area contributed by atoms with Gasteiger partial charge in [0.2, 0.25) is 5.91 Å². The van der Waals surface area contributed by atoms with Gasteiger partial charge in [-0.25, -0.2) is 9.97 Å². The first-order chi connectivity index (χ1) is 11.3. The molecule has 23 heavy (non-hydrogen) atoms. The Hall–Kier alpha value is -1.88. The molecule has 2 aromatic rings. The standard InChI is InChI=1S/C18H21N3OS/c22-18(12-23-16-8-4-5-9-16)19-11-15-10-17(21-13-20-15)14-6-2-1-3-7-14/h1-3,6-7,10,13,16H,4-5,8-9,11-12H2,(H,19,22). The predicted molar refractivity (Wildman–Crippen MR) is 94.0 cm³/mol. The number of carbonyl (C=O) groups is 1. The van der Waals surface area contributed by atoms with E-state index in [4.69, 9.17) is 0 Å². The highest BCUT2D eigenvalue weighted by Gasteiger charge is 2.16. The predicted octanol–water partition coefficient (Wildman–Crippen LogP) is 3.44. The number of aromatic nitrogens is 2. The molecule has 120 valence electrons. The lowest BCUT2D eigenvalue weighted by Crippen LogP contribution is -2.25. The number of rotatable bonds is 6. The van der Waals surface area contributed by atoms with Crippen LogP contribution in [0.25, 0.3) is 11.3 Å². The van der Waals surface area contributed by atoms with Crippen molar-refractivity contribution in [2.24, 2.45) is 0 Å². The summed E-state index contributed by atoms with van der Waals surface area (Å²) in [4.78, 5) is 20.5. The average Bonchev–Trinajstić information content (AvgIpc) is 3.13. The second-order valence-electron chi connectivity index (χ2n) is 5.75. The van der Waals surface area contributed by atoms with Gasteiger partial charge in [0, 0.05) is 10.8 Å². The lowest BCUT2D eigenvalue weighted by Gasteiger charge is -2.09. The van der Waals surface area contributed by atoms with E-state index >= 15 is 0 Å². The third kappa shape index (κ3) is 4.79. The number of hydrogen-bond acceptors (Lipinski definition) is 4. The van der Waals surface area contributed by atoms with E-state index in [0.29, 0.717) is 17.5 Å². The zero-order valence-electron chi connectivity index (χ0n) is 13.1. The molecular formula is C18H21N3OS. The summed E-state index contributed by atoms with van der Waals surface area (Å²) in [6.45, 7) is 0.451. The van der Waals surface area contributed by atoms with Gasteiger partial charge in [-0.15, -0.1) is 11.8 Å². The Bertz CT molecular complexity index is 642. The first-order valence-electron chi connectivity index (χ1n) is 8.06. The van der Waals surface area contributed by atoms with Gasteiger partial charge in [-0.2, -0.15) is 0 Å². The molecule has 0 atom stereocenters. The van der Waals surface area contributed by atoms with Gasteiger partial charge in [-0.1, -0.05) is 43.2 Å². The van der Waals surface area contributed by atoms with Gasteiger partial charge in [0.05, 0.1) is 23.7 Å². The van der Waals surface area contributed by atoms with Crippen molar-refractivity contribution in [1.82, 2.24) is 15.3 Å². The molecule has 0 spiro atoms. The lowest BCUT2D eigenvalue weighted by atomic mass is 10.1. The SMILES string of the molecule is O=C(CSC1CCCC1)NCc1cc(-c2ccccc2)ncn1. The van der Waals surface area contributed by atoms with Gasteiger partial charge < -0.3 is 5.32 Å². The Morgan fingerprint density at radius 3 is 2.74 bits per heavy atom. The van der Waals surface area contributed by atoms with E-state index in [0.717, 1.165) is 17.0 Å². The molecule has 0 bridgehead atoms. The van der Waals surface area contributed by atoms with Crippen molar-refractivity contribution in [2.45, 2.75) is 37.5 Å². The van der Waals surface area contributed by atoms with E-state index in [9.17, 15) is 4.79 Å². The van der Waals surface area contributed by atoms with E-state index < -0.39 is 0 Å². The first-order valence-corrected chi connectivity index (χ1v) is 9.11. The van der Waals surface area contributed by atoms with Crippen LogP contribution in [0.2, 0.25) is 0 Å². The molecule has 0 aliphatic heterocycles. The largest absolute Gasteiger partial charge is 0.350 e. The van der Waals surface area contributed by atoms with E-state index in [1.165, 1.54) is 25.7 Å². The molecule has 3 rings (SSSR count). The summed E-state index contributed by atoms with van der Waals surface area (Å²) in [5.74, 6) is 0.628. The van der Waals surface area contributed by atoms with Gasteiger partial charge in [0.15, 0.2) is 0 Å². The van der Waals surface area contributed by atoms with Crippen molar-refractivity contribution in [1.29, 1.82) is 0 Å². The van der Waals surface area contributed by atoms with Gasteiger partial charge in [-0.05, 0) is 18.9 Å². The first kappa shape index (κ1) is 16.0. The Kier molecular flexibility index (Phi) is 5.64. The van der Waals surface area contributed by atoms with Gasteiger partial charge in [0.25, 0.3) is 0 Å². The second kappa shape index (κ2) is 8.11. The molecule has 4 nitrogen and oxygen atoms in total. The molecule has 1 heterocycles. The number of nitrogens with zero attached hydrogens (tertiary/aromatic N) is 2. The van der Waals surface area contributed by atoms with Gasteiger partial charge >= 0.3 is 0 Å². The van der Waals surface area contributed by atoms with Crippen molar-refractivity contribution >= 4 is 17.7 Å². The van der Waals surface area contributed by atoms with Crippen molar-refractivity contribution < 1.29 is 4.79 Å². The molecule has 0 unspecified atom stereocenters. The zero-order chi connectivity index (χ0) is 15.9. The highest BCUT2D eigenvalue weighted by atomic mass is 32.2. The Morgan fingerprint density at radius 1 is 1.17 bits per heavy atom. The van der Waals surface area contributed by atoms with Crippen LogP contribution in [0.4, 0.5) is 0 Å². The maximum Gasteiger partial charge on any atom is 0.230 e. The number of amides is 1. The zero-order valence-corrected chi connectivity index (χ0v) is 13.9. The summed E-state index contributed by atoms with van der Waals surface area (Å²) in [6.07, 6.45) is 6.68. The third-order valence-electron chi connectivity index (χ3n) is 4.01. The van der Waals surface area contributed by atoms with Crippen molar-refractivity contribution in [2.75, 3.05) is 5.75 Å². The topological polar surface area (TPSA) is 54.9 Å². The fourth-order valence-electron chi connectivity index (χ4n) is 2.75. The minimum Gasteiger partial charge on any atom is -0.350 e. The van der Waals surface area contributed by atoms with Crippen LogP contribution < -0.4 is 5.32 Å². The van der Waals surface area contributed by atoms with E-state index in [1.54, 1.807) is 18.1 Å². The molecule has 1 saturated carbocycles. The molecule has 0 radical (unpaired) electrons. The molecular weight excluding hydrogens is 306 g/mol. The van der Waals surface area contributed by atoms with Crippen molar-refractivity contribution in [3.8, 4) is 11.3 Å². The molecule has 1 aliphatic rings. The molecule has 1 aromatic heterocycles. The number of carbonyl (C=O) groups excluding carboxylic acids is 1. The molecule has 1 N–H and O–H groups in total. The molecule has 1 aliphatic carbocycles. The van der Waals surface area contributed by atoms with Crippen LogP contribution in [0.3, 0.4) is 0 Å². The summed E-state index contributed by atoms with van der Waals surface area (Å²) in [5.41, 5.74) is 2.77. The van der Waals surface area contributed by atoms with Crippen LogP contribution in [0.1, 0.15) is 31.4 Å². The van der Waals surface area contributed by atoms with Crippen LogP contribution in [-0.2, 0) is 11.3 Å². The van der Waals surface area contributed by atoms with Crippen LogP contribution in [0, 0.1) is 0 Å². The summed E-state index contributed by atoms with van der Waals surface area (Å²) in [6, 6.07) is 11.9. The van der Waals surface area contributed by atoms with Gasteiger partial charge in [0.1, 0.15) is 6.33 Å². The van der Waals surface area contributed by atoms with Crippen LogP contribution >= 0.6 is 11.8 Å². The molecule has 1 fully saturated rings. The number of nitrogens with one attached hydrogen (secondary N) is 1. The summed E-state index contributed by atoms with van der Waals surface area (Å²) < 4.78 is 0. The van der Waals surface area contributed by atoms with Crippen LogP contribution in [0.15, 0.2) is 42.7 Å². The molecule has 1 aromatic carbocycles. The van der Waals surface area contributed by atoms with Crippen molar-refractivity contribution in [3.05, 3.63) is 48.4 Å². The second-order valence-corrected chi connectivity index (χ2v) is 7.04. The number of thioether (sulfide) groups is 1. The maximum atomic E-state index is 12.0. The fraction of sp³-hybridized carbons (Fsp3) is 0.389. The average molecular weight is 327 g/mol. The Labute approximate surface area is 141 Å². The molecule has 0 saturated heterocycles. The monoisotopic (exact) mass is 327 g/mol. The highest BCUT2D eigenvalue weighted by Crippen LogP contribution is 2.29. The van der Waals surface area contributed by atoms with Crippen molar-refractivity contribution in [3.63, 3.8) is 0 Å². The minimum absolute atomic E-state index is 0.0850. The van der Waals surface area contributed by atoms with E-state index in [1.807, 2.05) is 36.4 Å². The highest BCUT2D eigenvalue weighted by molar-refractivity contribution is 8.00. The number of hydrogen-bond donors (Lipinski definition) is 1. The Balaban J connectivity index is 1.51. The Morgan fingerprint density at radius 2 is 1.96 bits per heavy atom. The summed E-state index contributed by atoms with van der Waals surface area (Å²) >= 11 is 1.78. The number of benzene rings is 1. The third-order valence-corrected chi connectivity index (χ3v) is 5.38. The van der Waals surface area contributed by atoms with Gasteiger partial charge in [-0.3, -0.25) is 4.79 Å². The van der Waals surface area contributed by atoms with E-state index in [-0.39, 0.29) is 5.91 Å². The minimum atomic E-state index is 0.0850. The van der Waals surface area contributed by atoms with E-state index in [2.05, 4.69) is 15.3 Å². The molecule has 1 amide bonds. The van der Waals surface area contributed by atoms with Crippen LogP contribution in [-0.4, -0.2) is 26.9 Å². The fourth-order valence-corrected chi connectivity index (χ4v) is 3.91. The lowest BCUT2D eigenvalue weighted by molar-refractivity contribution is -0.118. The maximum absolute atomic E-state index is 12.0. The smallest absolute Gasteiger partial charge is 0.230 e. The quantitative estimate of drug-likeness (QED) is 0.883. The summed E-state index contributed by atoms with van der Waals surface area (Å²) in [5, 5.41) is 3.62. The summed E-state index contributed by atoms with van der Waals surface area (Å²) in [7, 11) is 0. The normalized spacial score (nSPS) is 14.8. The van der Waals surface area contributed by atoms with Crippen LogP contribution in [0.5, 0.6) is 0 Å². The molecule has 5 heteroatoms.